The summed E-state index contributed by atoms with van der Waals surface area (Å²) in [7, 11) is 1.43. The van der Waals surface area contributed by atoms with Gasteiger partial charge in [-0.25, -0.2) is 5.26 Å². The van der Waals surface area contributed by atoms with E-state index in [-0.39, 0.29) is 5.56 Å². The number of fused-ring (bicyclic) bond motifs is 1. The number of hydrogen-bond donors (Lipinski definition) is 2. The Labute approximate surface area is 168 Å². The van der Waals surface area contributed by atoms with Gasteiger partial charge in [-0.15, -0.1) is 5.97 Å². The van der Waals surface area contributed by atoms with Gasteiger partial charge in [0.25, 0.3) is 5.56 Å². The lowest BCUT2D eigenvalue weighted by Crippen LogP contribution is -2.38. The molecule has 0 saturated heterocycles. The maximum Gasteiger partial charge on any atom is 0.252 e. The lowest BCUT2D eigenvalue weighted by atomic mass is 9.98. The van der Waals surface area contributed by atoms with Crippen LogP contribution in [0.5, 0.6) is 11.5 Å². The fourth-order valence-corrected chi connectivity index (χ4v) is 3.05. The molecular weight excluding hydrogens is 363 g/mol. The van der Waals surface area contributed by atoms with E-state index in [1.807, 2.05) is 79.0 Å². The summed E-state index contributed by atoms with van der Waals surface area (Å²) >= 11 is 0. The Hall–Kier alpha value is -4.05. The maximum absolute atomic E-state index is 11.9. The summed E-state index contributed by atoms with van der Waals surface area (Å²) < 4.78 is 7.73. The first kappa shape index (κ1) is 18.3. The second kappa shape index (κ2) is 8.32. The Balaban J connectivity index is 1.52. The fourth-order valence-electron chi connectivity index (χ4n) is 3.05. The molecule has 2 N–H and O–H groups in total. The molecule has 0 bridgehead atoms. The topological polar surface area (TPSA) is 81.8 Å². The second-order valence-corrected chi connectivity index (χ2v) is 6.44. The largest absolute Gasteiger partial charge is 0.461 e. The zero-order chi connectivity index (χ0) is 20.1. The SMILES string of the molecule is N#C[B-][n+]1cccc(CNc2cccc(Oc3cc(=O)[nH]c4ccccc34)c2)c1. The number of ether oxygens (including phenoxy) is 1. The molecule has 0 saturated carbocycles. The average Bonchev–Trinajstić information content (AvgIpc) is 2.73. The molecule has 0 spiro atoms. The number of para-hydroxylation sites is 1. The summed E-state index contributed by atoms with van der Waals surface area (Å²) in [5.41, 5.74) is 2.44. The number of nitrogens with one attached hydrogen (secondary N) is 2. The van der Waals surface area contributed by atoms with Gasteiger partial charge in [-0.2, -0.15) is 0 Å². The van der Waals surface area contributed by atoms with E-state index in [2.05, 4.69) is 10.3 Å². The molecule has 0 aliphatic rings. The number of anilines is 1. The van der Waals surface area contributed by atoms with Crippen molar-refractivity contribution in [1.82, 2.24) is 4.98 Å². The molecular formula is C22H17BN4O2. The highest BCUT2D eigenvalue weighted by molar-refractivity contribution is 6.35. The molecule has 0 aliphatic heterocycles. The van der Waals surface area contributed by atoms with Crippen LogP contribution in [0.3, 0.4) is 0 Å². The lowest BCUT2D eigenvalue weighted by Gasteiger charge is -2.11. The smallest absolute Gasteiger partial charge is 0.252 e. The van der Waals surface area contributed by atoms with Gasteiger partial charge in [-0.3, -0.25) is 4.79 Å². The highest BCUT2D eigenvalue weighted by atomic mass is 16.5. The quantitative estimate of drug-likeness (QED) is 0.504. The minimum absolute atomic E-state index is 0.209. The summed E-state index contributed by atoms with van der Waals surface area (Å²) in [5.74, 6) is 3.15. The molecule has 7 heteroatoms. The number of nitriles is 1. The van der Waals surface area contributed by atoms with Gasteiger partial charge >= 0.3 is 0 Å². The molecule has 0 atom stereocenters. The van der Waals surface area contributed by atoms with E-state index in [4.69, 9.17) is 10.00 Å². The molecule has 140 valence electrons. The van der Waals surface area contributed by atoms with Crippen LogP contribution in [-0.2, 0) is 6.54 Å². The van der Waals surface area contributed by atoms with Gasteiger partial charge in [0.2, 0.25) is 7.41 Å². The van der Waals surface area contributed by atoms with E-state index in [1.165, 1.54) is 13.5 Å². The van der Waals surface area contributed by atoms with Gasteiger partial charge in [0.1, 0.15) is 23.9 Å². The maximum atomic E-state index is 11.9. The van der Waals surface area contributed by atoms with E-state index in [9.17, 15) is 4.79 Å². The zero-order valence-electron chi connectivity index (χ0n) is 15.5. The number of aromatic amines is 1. The Bertz CT molecular complexity index is 1260. The molecule has 0 unspecified atom stereocenters. The van der Waals surface area contributed by atoms with E-state index in [1.54, 1.807) is 4.48 Å². The van der Waals surface area contributed by atoms with E-state index < -0.39 is 0 Å². The van der Waals surface area contributed by atoms with E-state index >= 15 is 0 Å². The van der Waals surface area contributed by atoms with Gasteiger partial charge in [0, 0.05) is 35.3 Å². The molecule has 0 aliphatic carbocycles. The lowest BCUT2D eigenvalue weighted by molar-refractivity contribution is -0.527. The minimum atomic E-state index is -0.209. The second-order valence-electron chi connectivity index (χ2n) is 6.44. The normalized spacial score (nSPS) is 10.4. The first-order valence-corrected chi connectivity index (χ1v) is 9.08. The summed E-state index contributed by atoms with van der Waals surface area (Å²) in [5, 5.41) is 13.0. The molecule has 2 heterocycles. The predicted molar refractivity (Wildman–Crippen MR) is 112 cm³/mol. The van der Waals surface area contributed by atoms with Crippen LogP contribution in [-0.4, -0.2) is 12.4 Å². The van der Waals surface area contributed by atoms with Crippen molar-refractivity contribution in [3.63, 3.8) is 0 Å². The average molecular weight is 380 g/mol. The summed E-state index contributed by atoms with van der Waals surface area (Å²) in [6.45, 7) is 0.595. The molecule has 6 nitrogen and oxygen atoms in total. The molecule has 0 amide bonds. The summed E-state index contributed by atoms with van der Waals surface area (Å²) in [4.78, 5) is 14.7. The highest BCUT2D eigenvalue weighted by Gasteiger charge is 2.06. The molecule has 2 aromatic carbocycles. The van der Waals surface area contributed by atoms with Crippen molar-refractivity contribution in [3.05, 3.63) is 95.0 Å². The third-order valence-corrected chi connectivity index (χ3v) is 4.36. The number of benzene rings is 2. The number of H-pyrrole nitrogens is 1. The molecule has 0 fully saturated rings. The monoisotopic (exact) mass is 380 g/mol. The third-order valence-electron chi connectivity index (χ3n) is 4.36. The van der Waals surface area contributed by atoms with Crippen LogP contribution in [0.1, 0.15) is 5.56 Å². The number of aromatic nitrogens is 2. The van der Waals surface area contributed by atoms with Gasteiger partial charge in [-0.05, 0) is 36.4 Å². The summed E-state index contributed by atoms with van der Waals surface area (Å²) in [6.07, 6.45) is 3.70. The first-order valence-electron chi connectivity index (χ1n) is 9.08. The van der Waals surface area contributed by atoms with Gasteiger partial charge in [0.15, 0.2) is 0 Å². The highest BCUT2D eigenvalue weighted by Crippen LogP contribution is 2.28. The van der Waals surface area contributed by atoms with E-state index in [0.717, 1.165) is 22.2 Å². The Morgan fingerprint density at radius 2 is 2.00 bits per heavy atom. The Kier molecular flexibility index (Phi) is 5.26. The standard InChI is InChI=1S/C22H16BN4O2/c24-15-23-27-10-4-5-16(14-27)13-25-17-6-3-7-18(11-17)29-21-12-22(28)26-20-9-2-1-8-19(20)21/h1-12,14,25H,13H2/q-1/p+1. The van der Waals surface area contributed by atoms with Crippen molar-refractivity contribution in [3.8, 4) is 17.5 Å². The Morgan fingerprint density at radius 1 is 1.10 bits per heavy atom. The number of hydrogen-bond acceptors (Lipinski definition) is 4. The molecule has 4 aromatic rings. The van der Waals surface area contributed by atoms with Crippen LogP contribution < -0.4 is 20.1 Å². The van der Waals surface area contributed by atoms with Crippen molar-refractivity contribution in [1.29, 1.82) is 5.26 Å². The Morgan fingerprint density at radius 3 is 2.90 bits per heavy atom. The van der Waals surface area contributed by atoms with Crippen LogP contribution in [0.15, 0.2) is 83.9 Å². The van der Waals surface area contributed by atoms with Crippen molar-refractivity contribution in [2.75, 3.05) is 5.32 Å². The molecule has 2 radical (unpaired) electrons. The van der Waals surface area contributed by atoms with E-state index in [0.29, 0.717) is 18.0 Å². The van der Waals surface area contributed by atoms with Crippen molar-refractivity contribution in [2.24, 2.45) is 0 Å². The predicted octanol–water partition coefficient (Wildman–Crippen LogP) is 3.17. The van der Waals surface area contributed by atoms with Crippen molar-refractivity contribution in [2.45, 2.75) is 6.54 Å². The molecule has 2 aromatic heterocycles. The van der Waals surface area contributed by atoms with Crippen molar-refractivity contribution >= 4 is 24.0 Å². The number of pyridine rings is 2. The van der Waals surface area contributed by atoms with Crippen LogP contribution in [0.2, 0.25) is 0 Å². The van der Waals surface area contributed by atoms with Crippen molar-refractivity contribution < 1.29 is 9.21 Å². The van der Waals surface area contributed by atoms with Crippen LogP contribution >= 0.6 is 0 Å². The fraction of sp³-hybridized carbons (Fsp3) is 0.0455. The van der Waals surface area contributed by atoms with Crippen LogP contribution in [0, 0.1) is 11.2 Å². The third kappa shape index (κ3) is 4.45. The summed E-state index contributed by atoms with van der Waals surface area (Å²) in [6, 6.07) is 20.4. The van der Waals surface area contributed by atoms with Gasteiger partial charge in [0.05, 0.1) is 5.52 Å². The molecule has 4 rings (SSSR count). The number of nitrogens with zero attached hydrogens (tertiary/aromatic N) is 2. The van der Waals surface area contributed by atoms with Crippen LogP contribution in [0.4, 0.5) is 5.69 Å². The van der Waals surface area contributed by atoms with Gasteiger partial charge in [-0.1, -0.05) is 18.2 Å². The van der Waals surface area contributed by atoms with Gasteiger partial charge < -0.3 is 19.5 Å². The zero-order valence-corrected chi connectivity index (χ0v) is 15.5. The minimum Gasteiger partial charge on any atom is -0.461 e. The molecule has 29 heavy (non-hydrogen) atoms. The first-order chi connectivity index (χ1) is 14.2. The number of rotatable bonds is 6. The van der Waals surface area contributed by atoms with Crippen LogP contribution in [0.25, 0.3) is 10.9 Å².